The first-order chi connectivity index (χ1) is 14.5. The van der Waals surface area contributed by atoms with E-state index >= 15 is 0 Å². The van der Waals surface area contributed by atoms with E-state index < -0.39 is 11.7 Å². The first-order valence-corrected chi connectivity index (χ1v) is 9.97. The fourth-order valence-corrected chi connectivity index (χ4v) is 4.01. The lowest BCUT2D eigenvalue weighted by molar-refractivity contribution is -0.672. The molecule has 0 radical (unpaired) electrons. The molecule has 9 nitrogen and oxygen atoms in total. The number of rotatable bonds is 6. The monoisotopic (exact) mass is 418 g/mol. The van der Waals surface area contributed by atoms with Crippen LogP contribution < -0.4 is 15.5 Å². The quantitative estimate of drug-likeness (QED) is 0.356. The number of benzene rings is 1. The normalized spacial score (nSPS) is 12.9. The van der Waals surface area contributed by atoms with Crippen molar-refractivity contribution < 1.29 is 19.1 Å². The molecule has 0 spiro atoms. The summed E-state index contributed by atoms with van der Waals surface area (Å²) in [6, 6.07) is 12.8. The molecule has 1 saturated carbocycles. The van der Waals surface area contributed by atoms with Crippen LogP contribution >= 0.6 is 11.8 Å². The lowest BCUT2D eigenvalue weighted by Gasteiger charge is -2.11. The molecule has 0 amide bonds. The largest absolute Gasteiger partial charge is 0.539 e. The number of carbonyl (C=O) groups excluding carboxylic acids is 1. The van der Waals surface area contributed by atoms with Crippen LogP contribution in [0.25, 0.3) is 5.69 Å². The van der Waals surface area contributed by atoms with Gasteiger partial charge in [-0.25, -0.2) is 4.98 Å². The van der Waals surface area contributed by atoms with Gasteiger partial charge in [0.1, 0.15) is 23.0 Å². The molecule has 2 N–H and O–H groups in total. The van der Waals surface area contributed by atoms with Crippen LogP contribution in [-0.4, -0.2) is 21.8 Å². The first-order valence-electron chi connectivity index (χ1n) is 8.99. The zero-order chi connectivity index (χ0) is 21.3. The van der Waals surface area contributed by atoms with Crippen LogP contribution in [0.15, 0.2) is 39.9 Å². The molecule has 0 atom stereocenters. The third-order valence-corrected chi connectivity index (χ3v) is 5.63. The van der Waals surface area contributed by atoms with Crippen LogP contribution in [0.5, 0.6) is 5.95 Å². The van der Waals surface area contributed by atoms with Crippen LogP contribution in [0.4, 0.5) is 5.82 Å². The van der Waals surface area contributed by atoms with E-state index in [9.17, 15) is 20.4 Å². The highest BCUT2D eigenvalue weighted by molar-refractivity contribution is 8.00. The Morgan fingerprint density at radius 3 is 2.60 bits per heavy atom. The van der Waals surface area contributed by atoms with Gasteiger partial charge in [0.05, 0.1) is 22.2 Å². The summed E-state index contributed by atoms with van der Waals surface area (Å²) < 4.78 is 5.83. The van der Waals surface area contributed by atoms with E-state index in [4.69, 9.17) is 5.73 Å². The Balaban J connectivity index is 1.64. The number of nitrogens with two attached hydrogens (primary N) is 1. The number of pyridine rings is 1. The minimum atomic E-state index is -0.851. The van der Waals surface area contributed by atoms with Crippen molar-refractivity contribution in [3.63, 3.8) is 0 Å². The zero-order valence-electron chi connectivity index (χ0n) is 15.5. The van der Waals surface area contributed by atoms with Crippen molar-refractivity contribution in [1.29, 1.82) is 10.5 Å². The van der Waals surface area contributed by atoms with E-state index in [-0.39, 0.29) is 39.3 Å². The number of thioether (sulfide) groups is 1. The molecule has 1 aliphatic rings. The minimum Gasteiger partial charge on any atom is -0.539 e. The van der Waals surface area contributed by atoms with Crippen LogP contribution in [0.2, 0.25) is 0 Å². The van der Waals surface area contributed by atoms with E-state index in [1.54, 1.807) is 30.3 Å². The Morgan fingerprint density at radius 2 is 1.97 bits per heavy atom. The van der Waals surface area contributed by atoms with E-state index in [1.165, 1.54) is 0 Å². The molecule has 148 valence electrons. The average Bonchev–Trinajstić information content (AvgIpc) is 3.53. The lowest BCUT2D eigenvalue weighted by Crippen LogP contribution is -2.39. The third-order valence-electron chi connectivity index (χ3n) is 4.66. The summed E-state index contributed by atoms with van der Waals surface area (Å²) in [5, 5.41) is 35.1. The smallest absolute Gasteiger partial charge is 0.307 e. The summed E-state index contributed by atoms with van der Waals surface area (Å²) in [7, 11) is 0. The van der Waals surface area contributed by atoms with Crippen molar-refractivity contribution in [3.05, 3.63) is 52.7 Å². The summed E-state index contributed by atoms with van der Waals surface area (Å²) in [6.45, 7) is 0. The molecule has 3 aromatic rings. The maximum absolute atomic E-state index is 12.8. The van der Waals surface area contributed by atoms with Crippen LogP contribution in [-0.2, 0) is 0 Å². The third kappa shape index (κ3) is 3.45. The highest BCUT2D eigenvalue weighted by atomic mass is 32.2. The van der Waals surface area contributed by atoms with Gasteiger partial charge in [-0.05, 0) is 29.0 Å². The molecular weight excluding hydrogens is 404 g/mol. The van der Waals surface area contributed by atoms with Gasteiger partial charge in [0.15, 0.2) is 5.95 Å². The summed E-state index contributed by atoms with van der Waals surface area (Å²) >= 11 is 0.989. The summed E-state index contributed by atoms with van der Waals surface area (Å²) in [5.41, 5.74) is 7.27. The molecule has 1 aromatic carbocycles. The maximum Gasteiger partial charge on any atom is 0.307 e. The number of Topliss-reactive ketones (excluding diaryl/α,β-unsaturated/α-hetero) is 1. The highest BCUT2D eigenvalue weighted by Crippen LogP contribution is 2.45. The number of nitrogens with zero attached hydrogens (tertiary/aromatic N) is 5. The van der Waals surface area contributed by atoms with E-state index in [1.807, 2.05) is 6.07 Å². The fourth-order valence-electron chi connectivity index (χ4n) is 3.14. The number of nitriles is 2. The van der Waals surface area contributed by atoms with Crippen LogP contribution in [0, 0.1) is 22.7 Å². The Kier molecular flexibility index (Phi) is 5.09. The number of hydrogen-bond acceptors (Lipinski definition) is 9. The molecular formula is C20H14N6O3S. The van der Waals surface area contributed by atoms with Gasteiger partial charge in [0.2, 0.25) is 11.5 Å². The Hall–Kier alpha value is -3.89. The Morgan fingerprint density at radius 1 is 1.27 bits per heavy atom. The van der Waals surface area contributed by atoms with Crippen molar-refractivity contribution in [3.8, 4) is 23.8 Å². The van der Waals surface area contributed by atoms with Gasteiger partial charge in [-0.2, -0.15) is 10.5 Å². The number of para-hydroxylation sites is 1. The highest BCUT2D eigenvalue weighted by Gasteiger charge is 2.33. The van der Waals surface area contributed by atoms with Gasteiger partial charge < -0.3 is 15.4 Å². The van der Waals surface area contributed by atoms with Gasteiger partial charge in [0, 0.05) is 12.1 Å². The molecule has 1 fully saturated rings. The SMILES string of the molecule is N#Cc1c(N)nc(SCC(=O)c2c([O-])on[n+]2-c2ccccc2)c(C#N)c1C1CC1. The van der Waals surface area contributed by atoms with E-state index in [0.29, 0.717) is 11.3 Å². The van der Waals surface area contributed by atoms with Gasteiger partial charge in [0.25, 0.3) is 0 Å². The second kappa shape index (κ2) is 7.85. The zero-order valence-corrected chi connectivity index (χ0v) is 16.3. The number of nitrogen functional groups attached to an aromatic ring is 1. The number of carbonyl (C=O) groups is 1. The molecule has 4 rings (SSSR count). The molecule has 0 bridgehead atoms. The summed E-state index contributed by atoms with van der Waals surface area (Å²) in [4.78, 5) is 17.0. The lowest BCUT2D eigenvalue weighted by atomic mass is 10.0. The number of aromatic nitrogens is 3. The first kappa shape index (κ1) is 19.4. The van der Waals surface area contributed by atoms with Crippen molar-refractivity contribution in [1.82, 2.24) is 10.3 Å². The second-order valence-electron chi connectivity index (χ2n) is 6.63. The maximum atomic E-state index is 12.8. The minimum absolute atomic E-state index is 0.0298. The fraction of sp³-hybridized carbons (Fsp3) is 0.200. The molecule has 2 heterocycles. The molecule has 30 heavy (non-hydrogen) atoms. The number of ketones is 1. The molecule has 10 heteroatoms. The molecule has 2 aromatic heterocycles. The van der Waals surface area contributed by atoms with Gasteiger partial charge >= 0.3 is 5.69 Å². The van der Waals surface area contributed by atoms with Crippen molar-refractivity contribution in [2.45, 2.75) is 23.8 Å². The Labute approximate surface area is 175 Å². The molecule has 0 aliphatic heterocycles. The number of hydrogen-bond donors (Lipinski definition) is 1. The topological polar surface area (TPSA) is 157 Å². The second-order valence-corrected chi connectivity index (χ2v) is 7.60. The molecule has 1 aliphatic carbocycles. The van der Waals surface area contributed by atoms with E-state index in [0.717, 1.165) is 29.3 Å². The summed E-state index contributed by atoms with van der Waals surface area (Å²) in [6.07, 6.45) is 1.74. The molecule has 0 saturated heterocycles. The van der Waals surface area contributed by atoms with Crippen molar-refractivity contribution >= 4 is 23.4 Å². The van der Waals surface area contributed by atoms with Crippen molar-refractivity contribution in [2.24, 2.45) is 0 Å². The van der Waals surface area contributed by atoms with Crippen LogP contribution in [0.1, 0.15) is 45.9 Å². The molecule has 0 unspecified atom stereocenters. The average molecular weight is 418 g/mol. The Bertz CT molecular complexity index is 1220. The summed E-state index contributed by atoms with van der Waals surface area (Å²) in [5.74, 6) is -1.43. The van der Waals surface area contributed by atoms with E-state index in [2.05, 4.69) is 20.8 Å². The van der Waals surface area contributed by atoms with Crippen LogP contribution in [0.3, 0.4) is 0 Å². The standard InChI is InChI=1S/C20H14N6O3S/c21-8-13-16(11-6-7-11)14(9-22)19(24-18(13)23)30-10-15(27)17-20(28)29-25-26(17)12-4-2-1-3-5-12/h1-5,11H,6-7,10H2,(H2-,23,24,25,27,28). The number of anilines is 1. The van der Waals surface area contributed by atoms with Gasteiger partial charge in [-0.15, -0.1) is 0 Å². The predicted octanol–water partition coefficient (Wildman–Crippen LogP) is 1.60. The van der Waals surface area contributed by atoms with Gasteiger partial charge in [-0.1, -0.05) is 30.0 Å². The predicted molar refractivity (Wildman–Crippen MR) is 103 cm³/mol. The van der Waals surface area contributed by atoms with Gasteiger partial charge in [-0.3, -0.25) is 4.79 Å². The van der Waals surface area contributed by atoms with Crippen molar-refractivity contribution in [2.75, 3.05) is 11.5 Å².